The minimum atomic E-state index is 1.29. The highest BCUT2D eigenvalue weighted by Gasteiger charge is 1.60. The van der Waals surface area contributed by atoms with E-state index in [0.29, 0.717) is 0 Å². The van der Waals surface area contributed by atoms with Crippen molar-refractivity contribution in [2.24, 2.45) is 5.10 Å². The van der Waals surface area contributed by atoms with Crippen molar-refractivity contribution in [3.05, 3.63) is 0 Å². The van der Waals surface area contributed by atoms with Gasteiger partial charge in [0.15, 0.2) is 6.40 Å². The van der Waals surface area contributed by atoms with Crippen LogP contribution in [0.2, 0.25) is 0 Å². The monoisotopic (exact) mass is 103 g/mol. The molecular weight excluding hydrogens is 94.1 g/mol. The number of nitrogens with one attached hydrogen (secondary N) is 2. The Morgan fingerprint density at radius 2 is 2.43 bits per heavy atom. The molecule has 0 spiro atoms. The molecule has 0 aliphatic rings. The van der Waals surface area contributed by atoms with E-state index in [-0.39, 0.29) is 0 Å². The van der Waals surface area contributed by atoms with Crippen LogP contribution in [-0.4, -0.2) is 20.6 Å². The number of rotatable bonds is 3. The summed E-state index contributed by atoms with van der Waals surface area (Å²) in [6.07, 6.45) is 1.29. The fourth-order valence-electron chi connectivity index (χ4n) is 0.144. The molecule has 0 atom stereocenters. The molecule has 0 aliphatic carbocycles. The van der Waals surface area contributed by atoms with Gasteiger partial charge in [0.05, 0.1) is 7.11 Å². The van der Waals surface area contributed by atoms with Gasteiger partial charge in [0.25, 0.3) is 0 Å². The van der Waals surface area contributed by atoms with Gasteiger partial charge in [-0.05, 0) is 0 Å². The summed E-state index contributed by atoms with van der Waals surface area (Å²) in [6.45, 7) is 0. The van der Waals surface area contributed by atoms with Crippen LogP contribution in [0.5, 0.6) is 0 Å². The molecule has 4 heteroatoms. The summed E-state index contributed by atoms with van der Waals surface area (Å²) in [5.74, 6) is 0. The zero-order valence-electron chi connectivity index (χ0n) is 4.43. The van der Waals surface area contributed by atoms with Gasteiger partial charge in [-0.25, -0.2) is 11.0 Å². The smallest absolute Gasteiger partial charge is 0.193 e. The first-order valence-electron chi connectivity index (χ1n) is 1.88. The highest BCUT2D eigenvalue weighted by atomic mass is 16.5. The van der Waals surface area contributed by atoms with Crippen LogP contribution in [0.1, 0.15) is 0 Å². The maximum absolute atomic E-state index is 4.45. The van der Waals surface area contributed by atoms with Gasteiger partial charge in [0.1, 0.15) is 0 Å². The van der Waals surface area contributed by atoms with Crippen molar-refractivity contribution in [1.29, 1.82) is 0 Å². The molecule has 0 aromatic rings. The number of hydrogen-bond donors (Lipinski definition) is 2. The van der Waals surface area contributed by atoms with E-state index in [1.807, 2.05) is 0 Å². The van der Waals surface area contributed by atoms with E-state index in [4.69, 9.17) is 0 Å². The van der Waals surface area contributed by atoms with Crippen molar-refractivity contribution in [1.82, 2.24) is 11.0 Å². The average molecular weight is 103 g/mol. The fraction of sp³-hybridized carbons (Fsp3) is 0.667. The number of methoxy groups -OCH3 is 1. The van der Waals surface area contributed by atoms with E-state index in [9.17, 15) is 0 Å². The first kappa shape index (κ1) is 6.23. The second-order valence-electron chi connectivity index (χ2n) is 0.832. The van der Waals surface area contributed by atoms with Crippen molar-refractivity contribution < 1.29 is 4.74 Å². The molecule has 4 nitrogen and oxygen atoms in total. The van der Waals surface area contributed by atoms with Gasteiger partial charge in [-0.3, -0.25) is 0 Å². The third-order valence-electron chi connectivity index (χ3n) is 0.334. The Kier molecular flexibility index (Phi) is 4.65. The summed E-state index contributed by atoms with van der Waals surface area (Å²) in [7, 11) is 3.24. The molecule has 0 aromatic heterocycles. The summed E-state index contributed by atoms with van der Waals surface area (Å²) in [5, 5.41) is 3.50. The zero-order valence-corrected chi connectivity index (χ0v) is 4.43. The van der Waals surface area contributed by atoms with Crippen molar-refractivity contribution >= 4 is 6.40 Å². The number of hydrazone groups is 1. The van der Waals surface area contributed by atoms with Gasteiger partial charge >= 0.3 is 0 Å². The summed E-state index contributed by atoms with van der Waals surface area (Å²) < 4.78 is 4.45. The standard InChI is InChI=1S/C3H9N3O/c1-4-6-5-3-7-2/h3-4,6H,1-2H3/b5-3-. The number of hydrogen-bond acceptors (Lipinski definition) is 4. The SMILES string of the molecule is CNN/N=C\OC. The van der Waals surface area contributed by atoms with Gasteiger partial charge in [0.2, 0.25) is 0 Å². The molecule has 0 saturated heterocycles. The van der Waals surface area contributed by atoms with Crippen LogP contribution in [0.4, 0.5) is 0 Å². The lowest BCUT2D eigenvalue weighted by Crippen LogP contribution is -2.21. The first-order valence-corrected chi connectivity index (χ1v) is 1.88. The van der Waals surface area contributed by atoms with Crippen molar-refractivity contribution in [2.45, 2.75) is 0 Å². The Morgan fingerprint density at radius 1 is 1.71 bits per heavy atom. The average Bonchev–Trinajstić information content (AvgIpc) is 1.69. The molecule has 0 aromatic carbocycles. The summed E-state index contributed by atoms with van der Waals surface area (Å²) in [6, 6.07) is 0. The summed E-state index contributed by atoms with van der Waals surface area (Å²) in [5.41, 5.74) is 5.02. The predicted octanol–water partition coefficient (Wildman–Crippen LogP) is -0.700. The quantitative estimate of drug-likeness (QED) is 0.282. The van der Waals surface area contributed by atoms with Crippen LogP contribution >= 0.6 is 0 Å². The number of nitrogens with zero attached hydrogens (tertiary/aromatic N) is 1. The van der Waals surface area contributed by atoms with Gasteiger partial charge in [-0.2, -0.15) is 0 Å². The predicted molar refractivity (Wildman–Crippen MR) is 27.7 cm³/mol. The Labute approximate surface area is 42.5 Å². The highest BCUT2D eigenvalue weighted by molar-refractivity contribution is 5.45. The Bertz CT molecular complexity index is 54.1. The second-order valence-corrected chi connectivity index (χ2v) is 0.832. The van der Waals surface area contributed by atoms with Gasteiger partial charge in [-0.1, -0.05) is 0 Å². The summed E-state index contributed by atoms with van der Waals surface area (Å²) in [4.78, 5) is 0. The normalized spacial score (nSPS) is 9.43. The molecule has 42 valence electrons. The lowest BCUT2D eigenvalue weighted by molar-refractivity contribution is 0.414. The molecule has 0 fully saturated rings. The Hall–Kier alpha value is -0.770. The second kappa shape index (κ2) is 5.23. The van der Waals surface area contributed by atoms with Crippen LogP contribution in [0.25, 0.3) is 0 Å². The molecular formula is C3H9N3O. The first-order chi connectivity index (χ1) is 3.41. The molecule has 0 unspecified atom stereocenters. The van der Waals surface area contributed by atoms with Gasteiger partial charge in [0, 0.05) is 7.05 Å². The van der Waals surface area contributed by atoms with Crippen molar-refractivity contribution in [3.8, 4) is 0 Å². The summed E-state index contributed by atoms with van der Waals surface area (Å²) >= 11 is 0. The van der Waals surface area contributed by atoms with Crippen molar-refractivity contribution in [3.63, 3.8) is 0 Å². The number of hydrazine groups is 1. The van der Waals surface area contributed by atoms with Gasteiger partial charge in [-0.15, -0.1) is 5.10 Å². The number of ether oxygens (including phenoxy) is 1. The maximum atomic E-state index is 4.45. The largest absolute Gasteiger partial charge is 0.485 e. The molecule has 0 radical (unpaired) electrons. The molecule has 7 heavy (non-hydrogen) atoms. The third kappa shape index (κ3) is 5.23. The van der Waals surface area contributed by atoms with Crippen LogP contribution in [0.15, 0.2) is 5.10 Å². The zero-order chi connectivity index (χ0) is 5.54. The minimum Gasteiger partial charge on any atom is -0.485 e. The van der Waals surface area contributed by atoms with E-state index in [1.165, 1.54) is 13.5 Å². The molecule has 0 heterocycles. The van der Waals surface area contributed by atoms with Crippen LogP contribution in [-0.2, 0) is 4.74 Å². The Morgan fingerprint density at radius 3 is 2.86 bits per heavy atom. The van der Waals surface area contributed by atoms with E-state index < -0.39 is 0 Å². The molecule has 0 rings (SSSR count). The lowest BCUT2D eigenvalue weighted by Gasteiger charge is -1.90. The lowest BCUT2D eigenvalue weighted by atomic mass is 11.4. The van der Waals surface area contributed by atoms with E-state index in [0.717, 1.165) is 0 Å². The van der Waals surface area contributed by atoms with Crippen LogP contribution < -0.4 is 11.0 Å². The molecule has 0 saturated carbocycles. The van der Waals surface area contributed by atoms with E-state index in [1.54, 1.807) is 7.05 Å². The van der Waals surface area contributed by atoms with E-state index >= 15 is 0 Å². The fourth-order valence-corrected chi connectivity index (χ4v) is 0.144. The molecule has 2 N–H and O–H groups in total. The minimum absolute atomic E-state index is 1.29. The molecule has 0 bridgehead atoms. The third-order valence-corrected chi connectivity index (χ3v) is 0.334. The topological polar surface area (TPSA) is 45.7 Å². The van der Waals surface area contributed by atoms with Gasteiger partial charge < -0.3 is 4.74 Å². The molecule has 0 aliphatic heterocycles. The van der Waals surface area contributed by atoms with Crippen LogP contribution in [0, 0.1) is 0 Å². The van der Waals surface area contributed by atoms with E-state index in [2.05, 4.69) is 20.8 Å². The van der Waals surface area contributed by atoms with Crippen molar-refractivity contribution in [2.75, 3.05) is 14.2 Å². The Balaban J connectivity index is 2.78. The maximum Gasteiger partial charge on any atom is 0.193 e. The highest BCUT2D eigenvalue weighted by Crippen LogP contribution is 1.50. The van der Waals surface area contributed by atoms with Crippen LogP contribution in [0.3, 0.4) is 0 Å². The molecule has 0 amide bonds.